The highest BCUT2D eigenvalue weighted by Gasteiger charge is 2.36. The van der Waals surface area contributed by atoms with E-state index >= 15 is 0 Å². The smallest absolute Gasteiger partial charge is 0.255 e. The number of amides is 1. The molecule has 116 valence electrons. The van der Waals surface area contributed by atoms with Gasteiger partial charge in [-0.3, -0.25) is 4.79 Å². The van der Waals surface area contributed by atoms with Crippen LogP contribution in [-0.2, 0) is 6.54 Å². The third-order valence-electron chi connectivity index (χ3n) is 3.98. The fourth-order valence-electron chi connectivity index (χ4n) is 2.85. The van der Waals surface area contributed by atoms with E-state index in [1.807, 2.05) is 30.3 Å². The summed E-state index contributed by atoms with van der Waals surface area (Å²) in [5.74, 6) is 1.11. The summed E-state index contributed by atoms with van der Waals surface area (Å²) in [5.41, 5.74) is 2.24. The molecule has 5 heteroatoms. The third kappa shape index (κ3) is 2.49. The number of hydrogen-bond acceptors (Lipinski definition) is 4. The van der Waals surface area contributed by atoms with Crippen molar-refractivity contribution in [1.82, 2.24) is 4.90 Å². The van der Waals surface area contributed by atoms with Gasteiger partial charge in [0.15, 0.2) is 11.5 Å². The van der Waals surface area contributed by atoms with Crippen LogP contribution in [0.15, 0.2) is 42.5 Å². The Morgan fingerprint density at radius 2 is 1.87 bits per heavy atom. The second kappa shape index (κ2) is 6.01. The van der Waals surface area contributed by atoms with Gasteiger partial charge in [0.2, 0.25) is 0 Å². The normalized spacial score (nSPS) is 16.0. The van der Waals surface area contributed by atoms with E-state index in [-0.39, 0.29) is 5.91 Å². The second-order valence-electron chi connectivity index (χ2n) is 5.24. The van der Waals surface area contributed by atoms with Gasteiger partial charge >= 0.3 is 0 Å². The number of carbonyl (C=O) groups excluding carboxylic acids is 1. The lowest BCUT2D eigenvalue weighted by molar-refractivity contribution is 0.0744. The Balaban J connectivity index is 1.92. The molecule has 2 aromatic rings. The summed E-state index contributed by atoms with van der Waals surface area (Å²) in [6.07, 6.45) is 0. The molecule has 1 aliphatic rings. The minimum atomic E-state index is -0.563. The van der Waals surface area contributed by atoms with Crippen molar-refractivity contribution < 1.29 is 14.3 Å². The number of nitriles is 1. The Labute approximate surface area is 134 Å². The maximum absolute atomic E-state index is 12.6. The van der Waals surface area contributed by atoms with E-state index in [1.54, 1.807) is 31.3 Å². The summed E-state index contributed by atoms with van der Waals surface area (Å²) >= 11 is 0. The van der Waals surface area contributed by atoms with Crippen LogP contribution in [0.5, 0.6) is 11.5 Å². The summed E-state index contributed by atoms with van der Waals surface area (Å²) in [6.45, 7) is 0.339. The zero-order valence-electron chi connectivity index (χ0n) is 12.9. The first-order chi connectivity index (χ1) is 11.2. The lowest BCUT2D eigenvalue weighted by atomic mass is 10.1. The number of ether oxygens (including phenoxy) is 2. The minimum absolute atomic E-state index is 0.123. The van der Waals surface area contributed by atoms with Gasteiger partial charge in [0.1, 0.15) is 6.04 Å². The Bertz CT molecular complexity index is 795. The molecule has 1 unspecified atom stereocenters. The van der Waals surface area contributed by atoms with Gasteiger partial charge < -0.3 is 14.4 Å². The molecule has 5 nitrogen and oxygen atoms in total. The first kappa shape index (κ1) is 14.9. The van der Waals surface area contributed by atoms with Gasteiger partial charge in [0.05, 0.1) is 20.3 Å². The second-order valence-corrected chi connectivity index (χ2v) is 5.24. The molecule has 0 spiro atoms. The molecule has 1 atom stereocenters. The molecule has 23 heavy (non-hydrogen) atoms. The lowest BCUT2D eigenvalue weighted by Crippen LogP contribution is -2.26. The molecule has 0 bridgehead atoms. The van der Waals surface area contributed by atoms with E-state index in [9.17, 15) is 10.1 Å². The SMILES string of the molecule is COc1ccc(CN2C(=O)c3ccccc3C2C#N)cc1OC. The molecule has 0 saturated heterocycles. The van der Waals surface area contributed by atoms with Crippen molar-refractivity contribution >= 4 is 5.91 Å². The first-order valence-corrected chi connectivity index (χ1v) is 7.20. The van der Waals surface area contributed by atoms with Gasteiger partial charge in [-0.25, -0.2) is 0 Å². The molecular formula is C18H16N2O3. The molecule has 0 radical (unpaired) electrons. The number of fused-ring (bicyclic) bond motifs is 1. The molecule has 0 fully saturated rings. The molecule has 0 saturated carbocycles. The van der Waals surface area contributed by atoms with E-state index in [1.165, 1.54) is 0 Å². The Morgan fingerprint density at radius 1 is 1.13 bits per heavy atom. The standard InChI is InChI=1S/C18H16N2O3/c1-22-16-8-7-12(9-17(16)23-2)11-20-15(10-19)13-5-3-4-6-14(13)18(20)21/h3-9,15H,11H2,1-2H3. The van der Waals surface area contributed by atoms with Gasteiger partial charge in [0, 0.05) is 17.7 Å². The van der Waals surface area contributed by atoms with E-state index in [2.05, 4.69) is 6.07 Å². The lowest BCUT2D eigenvalue weighted by Gasteiger charge is -2.20. The Hall–Kier alpha value is -3.00. The van der Waals surface area contributed by atoms with Gasteiger partial charge in [-0.1, -0.05) is 24.3 Å². The molecule has 3 rings (SSSR count). The van der Waals surface area contributed by atoms with E-state index in [4.69, 9.17) is 9.47 Å². The summed E-state index contributed by atoms with van der Waals surface area (Å²) < 4.78 is 10.5. The van der Waals surface area contributed by atoms with Crippen LogP contribution in [0.1, 0.15) is 27.5 Å². The van der Waals surface area contributed by atoms with E-state index in [0.717, 1.165) is 11.1 Å². The van der Waals surface area contributed by atoms with Gasteiger partial charge in [-0.15, -0.1) is 0 Å². The number of benzene rings is 2. The van der Waals surface area contributed by atoms with E-state index in [0.29, 0.717) is 23.6 Å². The minimum Gasteiger partial charge on any atom is -0.493 e. The highest BCUT2D eigenvalue weighted by Crippen LogP contribution is 2.35. The maximum atomic E-state index is 12.6. The van der Waals surface area contributed by atoms with Crippen molar-refractivity contribution in [1.29, 1.82) is 5.26 Å². The quantitative estimate of drug-likeness (QED) is 0.871. The van der Waals surface area contributed by atoms with Crippen molar-refractivity contribution in [3.63, 3.8) is 0 Å². The number of carbonyl (C=O) groups is 1. The van der Waals surface area contributed by atoms with Crippen LogP contribution in [-0.4, -0.2) is 25.0 Å². The van der Waals surface area contributed by atoms with Crippen molar-refractivity contribution in [3.05, 3.63) is 59.2 Å². The van der Waals surface area contributed by atoms with Crippen LogP contribution in [0, 0.1) is 11.3 Å². The summed E-state index contributed by atoms with van der Waals surface area (Å²) in [5, 5.41) is 9.47. The topological polar surface area (TPSA) is 62.6 Å². The third-order valence-corrected chi connectivity index (χ3v) is 3.98. The zero-order chi connectivity index (χ0) is 16.4. The molecule has 1 heterocycles. The van der Waals surface area contributed by atoms with Crippen molar-refractivity contribution in [2.75, 3.05) is 14.2 Å². The largest absolute Gasteiger partial charge is 0.493 e. The van der Waals surface area contributed by atoms with Crippen molar-refractivity contribution in [2.45, 2.75) is 12.6 Å². The predicted molar refractivity (Wildman–Crippen MR) is 84.2 cm³/mol. The van der Waals surface area contributed by atoms with Crippen LogP contribution in [0.3, 0.4) is 0 Å². The fraction of sp³-hybridized carbons (Fsp3) is 0.222. The summed E-state index contributed by atoms with van der Waals surface area (Å²) in [7, 11) is 3.14. The van der Waals surface area contributed by atoms with Gasteiger partial charge in [0.25, 0.3) is 5.91 Å². The number of nitrogens with zero attached hydrogens (tertiary/aromatic N) is 2. The van der Waals surface area contributed by atoms with Crippen LogP contribution < -0.4 is 9.47 Å². The highest BCUT2D eigenvalue weighted by atomic mass is 16.5. The maximum Gasteiger partial charge on any atom is 0.255 e. The number of methoxy groups -OCH3 is 2. The summed E-state index contributed by atoms with van der Waals surface area (Å²) in [4.78, 5) is 14.1. The first-order valence-electron chi connectivity index (χ1n) is 7.20. The van der Waals surface area contributed by atoms with Crippen molar-refractivity contribution in [2.24, 2.45) is 0 Å². The fourth-order valence-corrected chi connectivity index (χ4v) is 2.85. The van der Waals surface area contributed by atoms with Crippen molar-refractivity contribution in [3.8, 4) is 17.6 Å². The van der Waals surface area contributed by atoms with Crippen LogP contribution in [0.4, 0.5) is 0 Å². The number of rotatable bonds is 4. The Morgan fingerprint density at radius 3 is 2.57 bits per heavy atom. The highest BCUT2D eigenvalue weighted by molar-refractivity contribution is 5.99. The molecule has 1 amide bonds. The molecular weight excluding hydrogens is 292 g/mol. The van der Waals surface area contributed by atoms with E-state index < -0.39 is 6.04 Å². The molecule has 1 aliphatic heterocycles. The molecule has 0 N–H and O–H groups in total. The average Bonchev–Trinajstić information content (AvgIpc) is 2.86. The van der Waals surface area contributed by atoms with Crippen LogP contribution in [0.2, 0.25) is 0 Å². The number of hydrogen-bond donors (Lipinski definition) is 0. The summed E-state index contributed by atoms with van der Waals surface area (Å²) in [6, 6.07) is 14.4. The molecule has 0 aliphatic carbocycles. The zero-order valence-corrected chi connectivity index (χ0v) is 12.9. The predicted octanol–water partition coefficient (Wildman–Crippen LogP) is 2.92. The monoisotopic (exact) mass is 308 g/mol. The average molecular weight is 308 g/mol. The van der Waals surface area contributed by atoms with Gasteiger partial charge in [-0.2, -0.15) is 5.26 Å². The molecule has 2 aromatic carbocycles. The van der Waals surface area contributed by atoms with Crippen LogP contribution >= 0.6 is 0 Å². The molecule has 0 aromatic heterocycles. The van der Waals surface area contributed by atoms with Gasteiger partial charge in [-0.05, 0) is 23.8 Å². The Kier molecular flexibility index (Phi) is 3.90. The van der Waals surface area contributed by atoms with Crippen LogP contribution in [0.25, 0.3) is 0 Å².